The number of benzene rings is 7. The largest absolute Gasteiger partial charge is 0.208 e. The molecule has 0 radical (unpaired) electrons. The molecule has 0 aliphatic rings. The van der Waals surface area contributed by atoms with Crippen molar-refractivity contribution in [1.82, 2.24) is 15.0 Å². The quantitative estimate of drug-likeness (QED) is 0.204. The van der Waals surface area contributed by atoms with E-state index in [1.165, 1.54) is 42.1 Å². The lowest BCUT2D eigenvalue weighted by atomic mass is 9.96. The minimum absolute atomic E-state index is 0.664. The molecule has 45 heavy (non-hydrogen) atoms. The second-order valence-electron chi connectivity index (χ2n) is 11.3. The van der Waals surface area contributed by atoms with Crippen LogP contribution in [0.4, 0.5) is 0 Å². The van der Waals surface area contributed by atoms with Gasteiger partial charge >= 0.3 is 0 Å². The number of hydrogen-bond donors (Lipinski definition) is 0. The van der Waals surface area contributed by atoms with Crippen LogP contribution in [0.5, 0.6) is 0 Å². The van der Waals surface area contributed by atoms with E-state index in [2.05, 4.69) is 133 Å². The highest BCUT2D eigenvalue weighted by molar-refractivity contribution is 7.25. The molecule has 0 aliphatic carbocycles. The molecule has 0 atom stereocenters. The first-order chi connectivity index (χ1) is 22.3. The summed E-state index contributed by atoms with van der Waals surface area (Å²) in [5.41, 5.74) is 5.35. The summed E-state index contributed by atoms with van der Waals surface area (Å²) in [5.74, 6) is 2.01. The Bertz CT molecular complexity index is 2550. The van der Waals surface area contributed by atoms with Crippen LogP contribution in [0.25, 0.3) is 87.0 Å². The van der Waals surface area contributed by atoms with E-state index >= 15 is 0 Å². The monoisotopic (exact) mass is 591 g/mol. The van der Waals surface area contributed by atoms with E-state index in [4.69, 9.17) is 15.0 Å². The Morgan fingerprint density at radius 3 is 1.87 bits per heavy atom. The standard InChI is InChI=1S/C41H25N3S/c1-2-11-27(12-3-1)39-42-40(44-41(43-39)35-17-9-19-37-38(35)34-15-6-7-18-36(34)45-37)33-16-8-14-31-25-30(22-23-32(31)33)29-21-20-26-10-4-5-13-28(26)24-29/h1-25H. The van der Waals surface area contributed by atoms with E-state index in [-0.39, 0.29) is 0 Å². The number of rotatable bonds is 4. The molecule has 0 bridgehead atoms. The summed E-state index contributed by atoms with van der Waals surface area (Å²) in [5, 5.41) is 7.15. The van der Waals surface area contributed by atoms with Crippen molar-refractivity contribution in [1.29, 1.82) is 0 Å². The molecule has 0 saturated heterocycles. The van der Waals surface area contributed by atoms with Crippen molar-refractivity contribution in [2.45, 2.75) is 0 Å². The number of hydrogen-bond acceptors (Lipinski definition) is 4. The maximum atomic E-state index is 5.18. The summed E-state index contributed by atoms with van der Waals surface area (Å²) in [7, 11) is 0. The maximum absolute atomic E-state index is 5.18. The zero-order chi connectivity index (χ0) is 29.7. The fourth-order valence-corrected chi connectivity index (χ4v) is 7.45. The van der Waals surface area contributed by atoms with Crippen molar-refractivity contribution >= 4 is 53.1 Å². The van der Waals surface area contributed by atoms with Crippen LogP contribution in [0.2, 0.25) is 0 Å². The fourth-order valence-electron chi connectivity index (χ4n) is 6.32. The molecule has 0 N–H and O–H groups in total. The predicted octanol–water partition coefficient (Wildman–Crippen LogP) is 11.2. The van der Waals surface area contributed by atoms with Gasteiger partial charge in [-0.05, 0) is 56.9 Å². The minimum Gasteiger partial charge on any atom is -0.208 e. The van der Waals surface area contributed by atoms with Gasteiger partial charge in [-0.3, -0.25) is 0 Å². The summed E-state index contributed by atoms with van der Waals surface area (Å²) in [6.07, 6.45) is 0. The molecule has 3 nitrogen and oxygen atoms in total. The Morgan fingerprint density at radius 1 is 0.356 bits per heavy atom. The maximum Gasteiger partial charge on any atom is 0.164 e. The topological polar surface area (TPSA) is 38.7 Å². The van der Waals surface area contributed by atoms with Crippen molar-refractivity contribution in [2.24, 2.45) is 0 Å². The van der Waals surface area contributed by atoms with E-state index in [1.54, 1.807) is 11.3 Å². The van der Waals surface area contributed by atoms with Crippen LogP contribution in [-0.4, -0.2) is 15.0 Å². The lowest BCUT2D eigenvalue weighted by Crippen LogP contribution is -2.00. The van der Waals surface area contributed by atoms with Crippen LogP contribution in [0, 0.1) is 0 Å². The van der Waals surface area contributed by atoms with Crippen LogP contribution in [-0.2, 0) is 0 Å². The fraction of sp³-hybridized carbons (Fsp3) is 0. The van der Waals surface area contributed by atoms with Crippen LogP contribution < -0.4 is 0 Å². The van der Waals surface area contributed by atoms with Gasteiger partial charge in [-0.25, -0.2) is 15.0 Å². The molecule has 2 heterocycles. The van der Waals surface area contributed by atoms with Crippen LogP contribution >= 0.6 is 11.3 Å². The second-order valence-corrected chi connectivity index (χ2v) is 12.3. The molecule has 0 spiro atoms. The highest BCUT2D eigenvalue weighted by atomic mass is 32.1. The first-order valence-electron chi connectivity index (χ1n) is 15.0. The third-order valence-electron chi connectivity index (χ3n) is 8.51. The van der Waals surface area contributed by atoms with Gasteiger partial charge in [-0.1, -0.05) is 127 Å². The molecule has 7 aromatic carbocycles. The Balaban J connectivity index is 1.24. The van der Waals surface area contributed by atoms with Gasteiger partial charge in [0.2, 0.25) is 0 Å². The van der Waals surface area contributed by atoms with Crippen molar-refractivity contribution in [3.8, 4) is 45.3 Å². The van der Waals surface area contributed by atoms with E-state index in [0.717, 1.165) is 27.5 Å². The molecule has 0 aliphatic heterocycles. The first-order valence-corrected chi connectivity index (χ1v) is 15.8. The van der Waals surface area contributed by atoms with Gasteiger partial charge < -0.3 is 0 Å². The zero-order valence-electron chi connectivity index (χ0n) is 24.2. The second kappa shape index (κ2) is 10.5. The molecular weight excluding hydrogens is 567 g/mol. The van der Waals surface area contributed by atoms with E-state index in [0.29, 0.717) is 17.5 Å². The summed E-state index contributed by atoms with van der Waals surface area (Å²) >= 11 is 1.80. The molecule has 9 aromatic rings. The van der Waals surface area contributed by atoms with E-state index in [9.17, 15) is 0 Å². The van der Waals surface area contributed by atoms with Gasteiger partial charge in [0.25, 0.3) is 0 Å². The van der Waals surface area contributed by atoms with E-state index < -0.39 is 0 Å². The van der Waals surface area contributed by atoms with Crippen LogP contribution in [0.1, 0.15) is 0 Å². The lowest BCUT2D eigenvalue weighted by molar-refractivity contribution is 1.08. The smallest absolute Gasteiger partial charge is 0.164 e. The Kier molecular flexibility index (Phi) is 6.00. The molecule has 0 amide bonds. The molecule has 2 aromatic heterocycles. The van der Waals surface area contributed by atoms with Gasteiger partial charge in [-0.15, -0.1) is 11.3 Å². The highest BCUT2D eigenvalue weighted by Crippen LogP contribution is 2.40. The number of nitrogens with zero attached hydrogens (tertiary/aromatic N) is 3. The van der Waals surface area contributed by atoms with Crippen molar-refractivity contribution in [3.05, 3.63) is 152 Å². The third-order valence-corrected chi connectivity index (χ3v) is 9.65. The zero-order valence-corrected chi connectivity index (χ0v) is 25.0. The van der Waals surface area contributed by atoms with Crippen molar-refractivity contribution < 1.29 is 0 Å². The average Bonchev–Trinajstić information content (AvgIpc) is 3.50. The van der Waals surface area contributed by atoms with Crippen molar-refractivity contribution in [3.63, 3.8) is 0 Å². The molecular formula is C41H25N3S. The summed E-state index contributed by atoms with van der Waals surface area (Å²) < 4.78 is 2.48. The normalized spacial score (nSPS) is 11.6. The Morgan fingerprint density at radius 2 is 0.978 bits per heavy atom. The Hall–Kier alpha value is -5.71. The summed E-state index contributed by atoms with van der Waals surface area (Å²) in [6, 6.07) is 53.4. The predicted molar refractivity (Wildman–Crippen MR) is 189 cm³/mol. The average molecular weight is 592 g/mol. The van der Waals surface area contributed by atoms with Crippen LogP contribution in [0.3, 0.4) is 0 Å². The van der Waals surface area contributed by atoms with Crippen molar-refractivity contribution in [2.75, 3.05) is 0 Å². The molecule has 4 heteroatoms. The van der Waals surface area contributed by atoms with Gasteiger partial charge in [0.15, 0.2) is 17.5 Å². The molecule has 0 saturated carbocycles. The van der Waals surface area contributed by atoms with Gasteiger partial charge in [0.05, 0.1) is 0 Å². The highest BCUT2D eigenvalue weighted by Gasteiger charge is 2.18. The van der Waals surface area contributed by atoms with Gasteiger partial charge in [0.1, 0.15) is 0 Å². The lowest BCUT2D eigenvalue weighted by Gasteiger charge is -2.12. The van der Waals surface area contributed by atoms with Crippen LogP contribution in [0.15, 0.2) is 152 Å². The molecule has 210 valence electrons. The molecule has 9 rings (SSSR count). The van der Waals surface area contributed by atoms with Gasteiger partial charge in [-0.2, -0.15) is 0 Å². The number of fused-ring (bicyclic) bond motifs is 5. The molecule has 0 fully saturated rings. The van der Waals surface area contributed by atoms with E-state index in [1.807, 2.05) is 18.2 Å². The number of thiophene rings is 1. The third kappa shape index (κ3) is 4.46. The SMILES string of the molecule is c1ccc(-c2nc(-c3cccc4cc(-c5ccc6ccccc6c5)ccc34)nc(-c3cccc4sc5ccccc5c34)n2)cc1. The summed E-state index contributed by atoms with van der Waals surface area (Å²) in [6.45, 7) is 0. The summed E-state index contributed by atoms with van der Waals surface area (Å²) in [4.78, 5) is 15.3. The first kappa shape index (κ1) is 25.8. The molecule has 0 unspecified atom stereocenters. The minimum atomic E-state index is 0.664. The number of aromatic nitrogens is 3. The van der Waals surface area contributed by atoms with Gasteiger partial charge in [0, 0.05) is 36.9 Å². The Labute approximate surface area is 264 Å².